The normalized spacial score (nSPS) is 10.9. The summed E-state index contributed by atoms with van der Waals surface area (Å²) in [7, 11) is 0. The molecule has 5 nitrogen and oxygen atoms in total. The minimum Gasteiger partial charge on any atom is -0.506 e. The number of halogens is 2. The molecular weight excluding hydrogens is 344 g/mol. The van der Waals surface area contributed by atoms with Gasteiger partial charge in [0.15, 0.2) is 5.56 Å². The second kappa shape index (κ2) is 6.95. The van der Waals surface area contributed by atoms with E-state index in [1.54, 1.807) is 6.92 Å². The van der Waals surface area contributed by atoms with Crippen LogP contribution in [0, 0.1) is 11.6 Å². The molecular formula is C19H15F2NO4. The van der Waals surface area contributed by atoms with E-state index in [0.29, 0.717) is 5.56 Å². The fraction of sp³-hybridized carbons (Fsp3) is 0.158. The van der Waals surface area contributed by atoms with Crippen LogP contribution >= 0.6 is 0 Å². The van der Waals surface area contributed by atoms with Gasteiger partial charge in [0.25, 0.3) is 5.56 Å². The Kier molecular flexibility index (Phi) is 4.71. The van der Waals surface area contributed by atoms with Crippen LogP contribution in [0.4, 0.5) is 8.78 Å². The molecule has 0 saturated heterocycles. The molecule has 0 saturated carbocycles. The zero-order chi connectivity index (χ0) is 18.8. The van der Waals surface area contributed by atoms with Gasteiger partial charge in [0.05, 0.1) is 12.1 Å². The summed E-state index contributed by atoms with van der Waals surface area (Å²) in [5.74, 6) is -2.60. The Bertz CT molecular complexity index is 1040. The summed E-state index contributed by atoms with van der Waals surface area (Å²) < 4.78 is 32.5. The zero-order valence-corrected chi connectivity index (χ0v) is 13.8. The van der Waals surface area contributed by atoms with Gasteiger partial charge in [-0.3, -0.25) is 9.20 Å². The molecule has 1 N–H and O–H groups in total. The first kappa shape index (κ1) is 17.6. The third-order valence-electron chi connectivity index (χ3n) is 3.95. The van der Waals surface area contributed by atoms with Crippen molar-refractivity contribution in [2.45, 2.75) is 13.3 Å². The average Bonchev–Trinajstić information content (AvgIpc) is 2.61. The Morgan fingerprint density at radius 1 is 1.12 bits per heavy atom. The van der Waals surface area contributed by atoms with Crippen molar-refractivity contribution in [1.29, 1.82) is 0 Å². The summed E-state index contributed by atoms with van der Waals surface area (Å²) in [4.78, 5) is 24.7. The molecule has 0 aliphatic heterocycles. The Morgan fingerprint density at radius 2 is 1.77 bits per heavy atom. The molecule has 7 heteroatoms. The minimum absolute atomic E-state index is 0.0108. The first-order valence-electron chi connectivity index (χ1n) is 7.89. The molecule has 0 radical (unpaired) electrons. The number of esters is 1. The summed E-state index contributed by atoms with van der Waals surface area (Å²) in [6.07, 6.45) is 1.04. The molecule has 0 unspecified atom stereocenters. The van der Waals surface area contributed by atoms with Crippen molar-refractivity contribution >= 4 is 11.5 Å². The van der Waals surface area contributed by atoms with E-state index in [1.165, 1.54) is 30.3 Å². The first-order valence-corrected chi connectivity index (χ1v) is 7.89. The van der Waals surface area contributed by atoms with Crippen LogP contribution in [-0.2, 0) is 11.2 Å². The molecule has 2 heterocycles. The maximum Gasteiger partial charge on any atom is 0.347 e. The summed E-state index contributed by atoms with van der Waals surface area (Å²) in [5.41, 5.74) is -0.322. The molecule has 0 amide bonds. The number of aromatic hydroxyl groups is 1. The second-order valence-corrected chi connectivity index (χ2v) is 5.63. The number of fused-ring (bicyclic) bond motifs is 1. The molecule has 0 aliphatic carbocycles. The molecule has 0 bridgehead atoms. The number of rotatable bonds is 4. The lowest BCUT2D eigenvalue weighted by Gasteiger charge is -2.14. The van der Waals surface area contributed by atoms with Gasteiger partial charge < -0.3 is 9.84 Å². The number of hydrogen-bond acceptors (Lipinski definition) is 4. The highest BCUT2D eigenvalue weighted by molar-refractivity contribution is 5.93. The molecule has 1 aromatic carbocycles. The molecule has 134 valence electrons. The van der Waals surface area contributed by atoms with Gasteiger partial charge in [0.2, 0.25) is 0 Å². The van der Waals surface area contributed by atoms with Gasteiger partial charge in [-0.05, 0) is 36.8 Å². The number of aromatic nitrogens is 1. The summed E-state index contributed by atoms with van der Waals surface area (Å²) in [5, 5.41) is 10.6. The molecule has 0 aliphatic rings. The number of nitrogens with zero attached hydrogens (tertiary/aromatic N) is 1. The quantitative estimate of drug-likeness (QED) is 0.727. The van der Waals surface area contributed by atoms with E-state index in [1.807, 2.05) is 0 Å². The first-order chi connectivity index (χ1) is 12.4. The maximum absolute atomic E-state index is 13.6. The number of carbonyl (C=O) groups excluding carboxylic acids is 1. The van der Waals surface area contributed by atoms with Gasteiger partial charge in [-0.1, -0.05) is 12.1 Å². The summed E-state index contributed by atoms with van der Waals surface area (Å²) in [6.45, 7) is 1.57. The smallest absolute Gasteiger partial charge is 0.347 e. The van der Waals surface area contributed by atoms with Crippen molar-refractivity contribution < 1.29 is 23.4 Å². The average molecular weight is 359 g/mol. The van der Waals surface area contributed by atoms with Gasteiger partial charge in [-0.25, -0.2) is 13.6 Å². The van der Waals surface area contributed by atoms with Crippen molar-refractivity contribution in [3.8, 4) is 5.75 Å². The van der Waals surface area contributed by atoms with E-state index in [9.17, 15) is 23.5 Å². The van der Waals surface area contributed by atoms with Crippen LogP contribution < -0.4 is 5.56 Å². The lowest BCUT2D eigenvalue weighted by Crippen LogP contribution is -2.25. The van der Waals surface area contributed by atoms with E-state index in [2.05, 4.69) is 0 Å². The molecule has 0 fully saturated rings. The van der Waals surface area contributed by atoms with Crippen LogP contribution in [0.15, 0.2) is 47.4 Å². The van der Waals surface area contributed by atoms with Crippen LogP contribution in [0.5, 0.6) is 5.75 Å². The molecule has 2 aromatic heterocycles. The van der Waals surface area contributed by atoms with E-state index < -0.39 is 34.5 Å². The highest BCUT2D eigenvalue weighted by Crippen LogP contribution is 2.28. The molecule has 26 heavy (non-hydrogen) atoms. The molecule has 3 rings (SSSR count). The number of ether oxygens (including phenoxy) is 1. The number of benzene rings is 1. The van der Waals surface area contributed by atoms with E-state index in [-0.39, 0.29) is 24.1 Å². The maximum atomic E-state index is 13.6. The predicted octanol–water partition coefficient (Wildman–Crippen LogP) is 3.05. The van der Waals surface area contributed by atoms with Gasteiger partial charge in [0.1, 0.15) is 17.4 Å². The van der Waals surface area contributed by atoms with Crippen molar-refractivity contribution in [3.05, 3.63) is 81.3 Å². The van der Waals surface area contributed by atoms with Crippen molar-refractivity contribution in [1.82, 2.24) is 4.40 Å². The van der Waals surface area contributed by atoms with Crippen molar-refractivity contribution in [2.75, 3.05) is 6.61 Å². The second-order valence-electron chi connectivity index (χ2n) is 5.63. The summed E-state index contributed by atoms with van der Waals surface area (Å²) >= 11 is 0. The zero-order valence-electron chi connectivity index (χ0n) is 13.8. The highest BCUT2D eigenvalue weighted by atomic mass is 19.1. The minimum atomic E-state index is -0.992. The third-order valence-corrected chi connectivity index (χ3v) is 3.95. The number of carbonyl (C=O) groups is 1. The van der Waals surface area contributed by atoms with Gasteiger partial charge >= 0.3 is 5.97 Å². The lowest BCUT2D eigenvalue weighted by atomic mass is 10.0. The number of hydrogen-bond donors (Lipinski definition) is 1. The molecule has 3 aromatic rings. The highest BCUT2D eigenvalue weighted by Gasteiger charge is 2.24. The SMILES string of the molecule is CCOC(=O)c1c(O)c(Cc2ccc(F)cc2)c2ccc(F)cn2c1=O. The largest absolute Gasteiger partial charge is 0.506 e. The summed E-state index contributed by atoms with van der Waals surface area (Å²) in [6, 6.07) is 8.04. The van der Waals surface area contributed by atoms with Crippen LogP contribution in [0.1, 0.15) is 28.4 Å². The monoisotopic (exact) mass is 359 g/mol. The van der Waals surface area contributed by atoms with Crippen LogP contribution in [0.25, 0.3) is 5.52 Å². The Labute approximate surface area is 147 Å². The van der Waals surface area contributed by atoms with E-state index in [4.69, 9.17) is 4.74 Å². The van der Waals surface area contributed by atoms with Crippen LogP contribution in [-0.4, -0.2) is 22.1 Å². The third kappa shape index (κ3) is 3.15. The number of pyridine rings is 2. The topological polar surface area (TPSA) is 68.0 Å². The Morgan fingerprint density at radius 3 is 2.42 bits per heavy atom. The lowest BCUT2D eigenvalue weighted by molar-refractivity contribution is 0.0520. The fourth-order valence-corrected chi connectivity index (χ4v) is 2.75. The fourth-order valence-electron chi connectivity index (χ4n) is 2.75. The van der Waals surface area contributed by atoms with Crippen LogP contribution in [0.2, 0.25) is 0 Å². The van der Waals surface area contributed by atoms with Gasteiger partial charge in [0, 0.05) is 18.2 Å². The van der Waals surface area contributed by atoms with Gasteiger partial charge in [-0.2, -0.15) is 0 Å². The van der Waals surface area contributed by atoms with Crippen molar-refractivity contribution in [3.63, 3.8) is 0 Å². The Hall–Kier alpha value is -3.22. The standard InChI is InChI=1S/C19H15F2NO4/c1-2-26-19(25)16-17(23)14(9-11-3-5-12(20)6-4-11)15-8-7-13(21)10-22(15)18(16)24/h3-8,10,23H,2,9H2,1H3. The Balaban J connectivity index is 2.27. The van der Waals surface area contributed by atoms with Crippen molar-refractivity contribution in [2.24, 2.45) is 0 Å². The van der Waals surface area contributed by atoms with E-state index in [0.717, 1.165) is 16.7 Å². The van der Waals surface area contributed by atoms with E-state index >= 15 is 0 Å². The molecule has 0 spiro atoms. The molecule has 0 atom stereocenters. The van der Waals surface area contributed by atoms with Crippen LogP contribution in [0.3, 0.4) is 0 Å². The predicted molar refractivity (Wildman–Crippen MR) is 90.5 cm³/mol. The van der Waals surface area contributed by atoms with Gasteiger partial charge in [-0.15, -0.1) is 0 Å².